The summed E-state index contributed by atoms with van der Waals surface area (Å²) in [6.45, 7) is 1.93. The summed E-state index contributed by atoms with van der Waals surface area (Å²) in [5.74, 6) is 0.241. The molecule has 0 aliphatic carbocycles. The Bertz CT molecular complexity index is 700. The molecule has 0 aliphatic rings. The molecule has 23 heavy (non-hydrogen) atoms. The number of hydrogen-bond acceptors (Lipinski definition) is 3. The molecule has 0 heterocycles. The summed E-state index contributed by atoms with van der Waals surface area (Å²) >= 11 is 0. The van der Waals surface area contributed by atoms with E-state index in [-0.39, 0.29) is 5.75 Å². The number of aryl methyl sites for hydroxylation is 2. The molecule has 0 amide bonds. The van der Waals surface area contributed by atoms with Crippen LogP contribution in [-0.2, 0) is 13.1 Å². The number of nitriles is 1. The van der Waals surface area contributed by atoms with E-state index in [1.165, 1.54) is 0 Å². The lowest BCUT2D eigenvalue weighted by Gasteiger charge is -2.14. The minimum absolute atomic E-state index is 0.241. The summed E-state index contributed by atoms with van der Waals surface area (Å²) in [7, 11) is 0. The van der Waals surface area contributed by atoms with Crippen LogP contribution < -0.4 is 10.1 Å². The lowest BCUT2D eigenvalue weighted by molar-refractivity contribution is -0.0507. The van der Waals surface area contributed by atoms with Crippen molar-refractivity contribution in [2.45, 2.75) is 33.5 Å². The Morgan fingerprint density at radius 3 is 2.35 bits per heavy atom. The third-order valence-electron chi connectivity index (χ3n) is 3.44. The van der Waals surface area contributed by atoms with Gasteiger partial charge in [0.1, 0.15) is 5.75 Å². The van der Waals surface area contributed by atoms with Gasteiger partial charge in [0.15, 0.2) is 0 Å². The second-order valence-corrected chi connectivity index (χ2v) is 5.35. The molecule has 2 aromatic rings. The number of alkyl halides is 2. The number of hydrogen-bond donors (Lipinski definition) is 1. The molecular formula is C18H18F2N2O. The van der Waals surface area contributed by atoms with Crippen molar-refractivity contribution in [1.29, 1.82) is 5.26 Å². The highest BCUT2D eigenvalue weighted by Gasteiger charge is 2.11. The fourth-order valence-electron chi connectivity index (χ4n) is 2.52. The van der Waals surface area contributed by atoms with Gasteiger partial charge in [0.2, 0.25) is 0 Å². The first-order chi connectivity index (χ1) is 11.0. The number of nitrogens with zero attached hydrogens (tertiary/aromatic N) is 1. The van der Waals surface area contributed by atoms with E-state index in [0.717, 1.165) is 11.1 Å². The molecule has 0 spiro atoms. The number of benzene rings is 2. The second-order valence-electron chi connectivity index (χ2n) is 5.35. The van der Waals surface area contributed by atoms with Gasteiger partial charge in [-0.3, -0.25) is 0 Å². The third-order valence-corrected chi connectivity index (χ3v) is 3.44. The predicted octanol–water partition coefficient (Wildman–Crippen LogP) is 4.07. The normalized spacial score (nSPS) is 10.6. The zero-order valence-corrected chi connectivity index (χ0v) is 13.1. The van der Waals surface area contributed by atoms with E-state index in [1.54, 1.807) is 19.9 Å². The molecule has 5 heteroatoms. The molecule has 0 saturated carbocycles. The molecule has 0 aromatic heterocycles. The standard InChI is InChI=1S/C18H18F2N2O/c1-12-6-16(7-13(2)17(12)23-18(19)20)11-22-10-15-5-3-4-14(8-15)9-21/h3-8,18,22H,10-11H2,1-2H3. The van der Waals surface area contributed by atoms with Gasteiger partial charge >= 0.3 is 6.61 Å². The van der Waals surface area contributed by atoms with Crippen LogP contribution in [-0.4, -0.2) is 6.61 Å². The smallest absolute Gasteiger partial charge is 0.387 e. The van der Waals surface area contributed by atoms with Crippen LogP contribution in [0.4, 0.5) is 8.78 Å². The highest BCUT2D eigenvalue weighted by molar-refractivity contribution is 5.43. The van der Waals surface area contributed by atoms with Crippen LogP contribution in [0, 0.1) is 25.2 Å². The van der Waals surface area contributed by atoms with Gasteiger partial charge in [-0.15, -0.1) is 0 Å². The molecule has 3 nitrogen and oxygen atoms in total. The quantitative estimate of drug-likeness (QED) is 0.874. The van der Waals surface area contributed by atoms with E-state index >= 15 is 0 Å². The fraction of sp³-hybridized carbons (Fsp3) is 0.278. The predicted molar refractivity (Wildman–Crippen MR) is 84.2 cm³/mol. The highest BCUT2D eigenvalue weighted by atomic mass is 19.3. The Labute approximate surface area is 134 Å². The van der Waals surface area contributed by atoms with Crippen LogP contribution in [0.15, 0.2) is 36.4 Å². The van der Waals surface area contributed by atoms with Gasteiger partial charge < -0.3 is 10.1 Å². The van der Waals surface area contributed by atoms with E-state index in [9.17, 15) is 8.78 Å². The van der Waals surface area contributed by atoms with E-state index in [0.29, 0.717) is 29.8 Å². The van der Waals surface area contributed by atoms with Crippen molar-refractivity contribution >= 4 is 0 Å². The largest absolute Gasteiger partial charge is 0.434 e. The summed E-state index contributed by atoms with van der Waals surface area (Å²) in [6.07, 6.45) is 0. The van der Waals surface area contributed by atoms with Crippen LogP contribution >= 0.6 is 0 Å². The molecule has 120 valence electrons. The first-order valence-corrected chi connectivity index (χ1v) is 7.24. The van der Waals surface area contributed by atoms with Crippen LogP contribution in [0.3, 0.4) is 0 Å². The zero-order valence-electron chi connectivity index (χ0n) is 13.1. The van der Waals surface area contributed by atoms with Crippen molar-refractivity contribution < 1.29 is 13.5 Å². The van der Waals surface area contributed by atoms with Gasteiger partial charge in [-0.2, -0.15) is 14.0 Å². The number of nitrogens with one attached hydrogen (secondary N) is 1. The van der Waals surface area contributed by atoms with E-state index in [4.69, 9.17) is 5.26 Å². The Kier molecular flexibility index (Phi) is 5.67. The topological polar surface area (TPSA) is 45.0 Å². The van der Waals surface area contributed by atoms with Gasteiger partial charge in [0.25, 0.3) is 0 Å². The van der Waals surface area contributed by atoms with Crippen LogP contribution in [0.1, 0.15) is 27.8 Å². The van der Waals surface area contributed by atoms with E-state index in [1.807, 2.05) is 30.3 Å². The average Bonchev–Trinajstić information content (AvgIpc) is 2.51. The van der Waals surface area contributed by atoms with Crippen molar-refractivity contribution in [3.63, 3.8) is 0 Å². The van der Waals surface area contributed by atoms with Gasteiger partial charge in [-0.25, -0.2) is 0 Å². The summed E-state index contributed by atoms with van der Waals surface area (Å²) in [4.78, 5) is 0. The van der Waals surface area contributed by atoms with Crippen molar-refractivity contribution in [2.24, 2.45) is 0 Å². The Hall–Kier alpha value is -2.45. The number of ether oxygens (including phenoxy) is 1. The molecule has 2 rings (SSSR count). The van der Waals surface area contributed by atoms with Crippen LogP contribution in [0.2, 0.25) is 0 Å². The van der Waals surface area contributed by atoms with E-state index in [2.05, 4.69) is 16.1 Å². The molecule has 0 bridgehead atoms. The Morgan fingerprint density at radius 1 is 1.09 bits per heavy atom. The maximum atomic E-state index is 12.4. The van der Waals surface area contributed by atoms with Gasteiger partial charge in [0, 0.05) is 13.1 Å². The SMILES string of the molecule is Cc1cc(CNCc2cccc(C#N)c2)cc(C)c1OC(F)F. The first kappa shape index (κ1) is 16.9. The summed E-state index contributed by atoms with van der Waals surface area (Å²) < 4.78 is 29.3. The van der Waals surface area contributed by atoms with Crippen LogP contribution in [0.5, 0.6) is 5.75 Å². The van der Waals surface area contributed by atoms with Gasteiger partial charge in [-0.1, -0.05) is 24.3 Å². The molecule has 2 aromatic carbocycles. The Balaban J connectivity index is 1.99. The van der Waals surface area contributed by atoms with Crippen molar-refractivity contribution in [3.05, 3.63) is 64.2 Å². The number of rotatable bonds is 6. The molecule has 0 aliphatic heterocycles. The monoisotopic (exact) mass is 316 g/mol. The maximum Gasteiger partial charge on any atom is 0.387 e. The van der Waals surface area contributed by atoms with Gasteiger partial charge in [-0.05, 0) is 48.2 Å². The second kappa shape index (κ2) is 7.70. The average molecular weight is 316 g/mol. The first-order valence-electron chi connectivity index (χ1n) is 7.24. The maximum absolute atomic E-state index is 12.4. The molecular weight excluding hydrogens is 298 g/mol. The lowest BCUT2D eigenvalue weighted by atomic mass is 10.1. The van der Waals surface area contributed by atoms with Crippen LogP contribution in [0.25, 0.3) is 0 Å². The number of halogens is 2. The molecule has 0 saturated heterocycles. The fourth-order valence-corrected chi connectivity index (χ4v) is 2.52. The molecule has 0 unspecified atom stereocenters. The van der Waals surface area contributed by atoms with Crippen molar-refractivity contribution in [3.8, 4) is 11.8 Å². The minimum atomic E-state index is -2.82. The summed E-state index contributed by atoms with van der Waals surface area (Å²) in [5.41, 5.74) is 4.03. The minimum Gasteiger partial charge on any atom is -0.434 e. The van der Waals surface area contributed by atoms with E-state index < -0.39 is 6.61 Å². The molecule has 0 radical (unpaired) electrons. The Morgan fingerprint density at radius 2 is 1.74 bits per heavy atom. The highest BCUT2D eigenvalue weighted by Crippen LogP contribution is 2.26. The van der Waals surface area contributed by atoms with Crippen molar-refractivity contribution in [2.75, 3.05) is 0 Å². The third kappa shape index (κ3) is 4.76. The van der Waals surface area contributed by atoms with Gasteiger partial charge in [0.05, 0.1) is 11.6 Å². The van der Waals surface area contributed by atoms with Crippen molar-refractivity contribution in [1.82, 2.24) is 5.32 Å². The lowest BCUT2D eigenvalue weighted by Crippen LogP contribution is -2.13. The molecule has 0 fully saturated rings. The molecule has 0 atom stereocenters. The molecule has 1 N–H and O–H groups in total. The summed E-state index contributed by atoms with van der Waals surface area (Å²) in [6, 6.07) is 13.2. The summed E-state index contributed by atoms with van der Waals surface area (Å²) in [5, 5.41) is 12.2. The zero-order chi connectivity index (χ0) is 16.8.